The minimum atomic E-state index is 0.846. The molecule has 1 aliphatic carbocycles. The van der Waals surface area contributed by atoms with Crippen LogP contribution in [0, 0.1) is 41.7 Å². The highest BCUT2D eigenvalue weighted by Crippen LogP contribution is 2.19. The fourth-order valence-electron chi connectivity index (χ4n) is 4.12. The van der Waals surface area contributed by atoms with Gasteiger partial charge >= 0.3 is 0 Å². The van der Waals surface area contributed by atoms with Crippen molar-refractivity contribution in [3.8, 4) is 11.5 Å². The maximum atomic E-state index is 5.55. The van der Waals surface area contributed by atoms with E-state index in [1.165, 1.54) is 31.3 Å². The number of benzene rings is 4. The van der Waals surface area contributed by atoms with Gasteiger partial charge in [-0.1, -0.05) is 60.7 Å². The second-order valence-corrected chi connectivity index (χ2v) is 6.91. The molecule has 4 aromatic rings. The van der Waals surface area contributed by atoms with Crippen molar-refractivity contribution in [3.63, 3.8) is 0 Å². The van der Waals surface area contributed by atoms with Gasteiger partial charge in [0.05, 0.1) is 14.2 Å². The summed E-state index contributed by atoms with van der Waals surface area (Å²) < 4.78 is 11.1. The molecule has 0 unspecified atom stereocenters. The maximum absolute atomic E-state index is 5.55. The highest BCUT2D eigenvalue weighted by molar-refractivity contribution is 5.35. The summed E-state index contributed by atoms with van der Waals surface area (Å²) in [5.74, 6) is 1.69. The summed E-state index contributed by atoms with van der Waals surface area (Å²) in [5.41, 5.74) is 0. The van der Waals surface area contributed by atoms with Gasteiger partial charge in [0.2, 0.25) is 0 Å². The average molecular weight is 364 g/mol. The minimum Gasteiger partial charge on any atom is -0.497 e. The number of rotatable bonds is 2. The van der Waals surface area contributed by atoms with E-state index in [1.54, 1.807) is 14.2 Å². The smallest absolute Gasteiger partial charge is 0.119 e. The Balaban J connectivity index is 2.35. The summed E-state index contributed by atoms with van der Waals surface area (Å²) in [5, 5.41) is 9.62. The molecule has 0 N–H and O–H groups in total. The fraction of sp³-hybridized carbons (Fsp3) is 0.0769. The largest absolute Gasteiger partial charge is 0.497 e. The lowest BCUT2D eigenvalue weighted by Gasteiger charge is -2.06. The molecule has 2 heteroatoms. The Morgan fingerprint density at radius 3 is 1.04 bits per heavy atom. The molecule has 0 amide bonds. The Kier molecular flexibility index (Phi) is 3.91. The Morgan fingerprint density at radius 1 is 0.393 bits per heavy atom. The van der Waals surface area contributed by atoms with Crippen molar-refractivity contribution in [1.29, 1.82) is 0 Å². The quantitative estimate of drug-likeness (QED) is 0.430. The first-order chi connectivity index (χ1) is 13.8. The molecule has 0 bridgehead atoms. The van der Waals surface area contributed by atoms with Crippen molar-refractivity contribution in [2.24, 2.45) is 0 Å². The first-order valence-electron chi connectivity index (χ1n) is 9.36. The standard InChI is InChI=1S/C26H20O2/c1-27-17-11-13-23-21-9-5-3-7-19(21)20-8-4-6-10-22(20)24-14-12-18(28-2)16-26(24)25(23)15-17/h3-16H,1-2H3/b20-19-,23-21-,24-22-,26-25-. The van der Waals surface area contributed by atoms with Crippen LogP contribution in [-0.4, -0.2) is 14.2 Å². The van der Waals surface area contributed by atoms with Crippen LogP contribution in [0.1, 0.15) is 0 Å². The van der Waals surface area contributed by atoms with Gasteiger partial charge in [-0.15, -0.1) is 0 Å². The average Bonchev–Trinajstić information content (AvgIpc) is 2.77. The van der Waals surface area contributed by atoms with Gasteiger partial charge in [0.15, 0.2) is 0 Å². The van der Waals surface area contributed by atoms with Crippen LogP contribution in [0.2, 0.25) is 0 Å². The van der Waals surface area contributed by atoms with E-state index in [0.29, 0.717) is 0 Å². The van der Waals surface area contributed by atoms with Crippen LogP contribution in [0.4, 0.5) is 0 Å². The molecule has 0 aliphatic heterocycles. The Bertz CT molecular complexity index is 1470. The lowest BCUT2D eigenvalue weighted by Crippen LogP contribution is -1.92. The molecule has 136 valence electrons. The second-order valence-electron chi connectivity index (χ2n) is 6.91. The van der Waals surface area contributed by atoms with E-state index >= 15 is 0 Å². The molecular formula is C26H20O2. The van der Waals surface area contributed by atoms with Crippen molar-refractivity contribution in [2.45, 2.75) is 0 Å². The lowest BCUT2D eigenvalue weighted by molar-refractivity contribution is 0.413. The Morgan fingerprint density at radius 2 is 0.714 bits per heavy atom. The highest BCUT2D eigenvalue weighted by atomic mass is 16.5. The van der Waals surface area contributed by atoms with Gasteiger partial charge in [-0.05, 0) is 66.0 Å². The summed E-state index contributed by atoms with van der Waals surface area (Å²) in [6.45, 7) is 0. The first kappa shape index (κ1) is 16.6. The van der Waals surface area contributed by atoms with Crippen LogP contribution in [0.25, 0.3) is 0 Å². The van der Waals surface area contributed by atoms with Crippen LogP contribution in [-0.2, 0) is 0 Å². The number of ether oxygens (including phenoxy) is 2. The van der Waals surface area contributed by atoms with Crippen molar-refractivity contribution in [1.82, 2.24) is 0 Å². The molecule has 0 heterocycles. The zero-order chi connectivity index (χ0) is 19.1. The number of fused-ring (bicyclic) bond motifs is 4. The third-order valence-electron chi connectivity index (χ3n) is 5.47. The minimum absolute atomic E-state index is 0.846. The van der Waals surface area contributed by atoms with E-state index in [4.69, 9.17) is 9.47 Å². The van der Waals surface area contributed by atoms with E-state index < -0.39 is 0 Å². The number of methoxy groups -OCH3 is 2. The molecule has 4 aromatic carbocycles. The summed E-state index contributed by atoms with van der Waals surface area (Å²) in [6, 6.07) is 29.8. The molecule has 0 atom stereocenters. The molecule has 0 fully saturated rings. The fourth-order valence-corrected chi connectivity index (χ4v) is 4.12. The molecule has 0 saturated carbocycles. The van der Waals surface area contributed by atoms with Crippen LogP contribution in [0.5, 0.6) is 11.5 Å². The van der Waals surface area contributed by atoms with Gasteiger partial charge in [0.1, 0.15) is 11.5 Å². The Hall–Kier alpha value is -3.52. The normalized spacial score (nSPS) is 16.4. The van der Waals surface area contributed by atoms with E-state index in [1.807, 2.05) is 12.1 Å². The van der Waals surface area contributed by atoms with E-state index in [0.717, 1.165) is 21.9 Å². The molecule has 0 radical (unpaired) electrons. The van der Waals surface area contributed by atoms with E-state index in [9.17, 15) is 0 Å². The summed E-state index contributed by atoms with van der Waals surface area (Å²) >= 11 is 0. The zero-order valence-corrected chi connectivity index (χ0v) is 15.9. The predicted molar refractivity (Wildman–Crippen MR) is 110 cm³/mol. The third-order valence-corrected chi connectivity index (χ3v) is 5.47. The van der Waals surface area contributed by atoms with Gasteiger partial charge in [-0.3, -0.25) is 0 Å². The van der Waals surface area contributed by atoms with Crippen LogP contribution >= 0.6 is 0 Å². The number of hydrogen-bond donors (Lipinski definition) is 0. The molecular weight excluding hydrogens is 344 g/mol. The predicted octanol–water partition coefficient (Wildman–Crippen LogP) is 5.17. The van der Waals surface area contributed by atoms with Gasteiger partial charge in [-0.25, -0.2) is 0 Å². The second kappa shape index (κ2) is 6.58. The van der Waals surface area contributed by atoms with Crippen molar-refractivity contribution < 1.29 is 9.47 Å². The molecule has 0 aromatic heterocycles. The third kappa shape index (κ3) is 2.49. The SMILES string of the molecule is COc1ccc2/c(c1)=c1/cc(OC)cc/c1=c1\cccc\c1=c1/cccc/c1=2. The summed E-state index contributed by atoms with van der Waals surface area (Å²) in [6.07, 6.45) is 0. The Labute approximate surface area is 162 Å². The number of hydrogen-bond acceptors (Lipinski definition) is 2. The molecule has 0 spiro atoms. The van der Waals surface area contributed by atoms with Crippen molar-refractivity contribution >= 4 is 0 Å². The summed E-state index contributed by atoms with van der Waals surface area (Å²) in [7, 11) is 3.42. The lowest BCUT2D eigenvalue weighted by atomic mass is 10.0. The molecule has 2 nitrogen and oxygen atoms in total. The van der Waals surface area contributed by atoms with Gasteiger partial charge in [0.25, 0.3) is 0 Å². The topological polar surface area (TPSA) is 18.5 Å². The van der Waals surface area contributed by atoms with Crippen LogP contribution in [0.15, 0.2) is 84.9 Å². The molecule has 28 heavy (non-hydrogen) atoms. The van der Waals surface area contributed by atoms with E-state index in [-0.39, 0.29) is 0 Å². The van der Waals surface area contributed by atoms with Gasteiger partial charge in [0, 0.05) is 0 Å². The van der Waals surface area contributed by atoms with E-state index in [2.05, 4.69) is 72.8 Å². The van der Waals surface area contributed by atoms with Crippen molar-refractivity contribution in [3.05, 3.63) is 127 Å². The van der Waals surface area contributed by atoms with Gasteiger partial charge < -0.3 is 9.47 Å². The molecule has 0 saturated heterocycles. The first-order valence-corrected chi connectivity index (χ1v) is 9.36. The van der Waals surface area contributed by atoms with Crippen molar-refractivity contribution in [2.75, 3.05) is 14.2 Å². The molecule has 5 rings (SSSR count). The van der Waals surface area contributed by atoms with Crippen LogP contribution < -0.4 is 9.47 Å². The highest BCUT2D eigenvalue weighted by Gasteiger charge is 2.03. The van der Waals surface area contributed by atoms with Crippen LogP contribution in [0.3, 0.4) is 0 Å². The summed E-state index contributed by atoms with van der Waals surface area (Å²) in [4.78, 5) is 0. The monoisotopic (exact) mass is 364 g/mol. The molecule has 1 aliphatic rings. The van der Waals surface area contributed by atoms with Gasteiger partial charge in [-0.2, -0.15) is 0 Å². The zero-order valence-electron chi connectivity index (χ0n) is 15.9. The maximum Gasteiger partial charge on any atom is 0.119 e.